The second-order valence-corrected chi connectivity index (χ2v) is 6.12. The molecule has 3 rings (SSSR count). The highest BCUT2D eigenvalue weighted by Crippen LogP contribution is 2.25. The fraction of sp³-hybridized carbons (Fsp3) is 0.333. The second kappa shape index (κ2) is 6.78. The Hall–Kier alpha value is -2.76. The molecule has 1 aliphatic rings. The van der Waals surface area contributed by atoms with Crippen molar-refractivity contribution in [2.75, 3.05) is 0 Å². The van der Waals surface area contributed by atoms with Gasteiger partial charge in [0.05, 0.1) is 11.1 Å². The van der Waals surface area contributed by atoms with Gasteiger partial charge in [0, 0.05) is 24.4 Å². The van der Waals surface area contributed by atoms with Crippen LogP contribution in [0.1, 0.15) is 36.0 Å². The molecule has 24 heavy (non-hydrogen) atoms. The number of nitrogens with zero attached hydrogens (tertiary/aromatic N) is 1. The van der Waals surface area contributed by atoms with Gasteiger partial charge in [0.1, 0.15) is 11.8 Å². The lowest BCUT2D eigenvalue weighted by atomic mass is 9.82. The maximum Gasteiger partial charge on any atom is 0.252 e. The third-order valence-corrected chi connectivity index (χ3v) is 4.48. The Balaban J connectivity index is 1.85. The Morgan fingerprint density at radius 2 is 2.04 bits per heavy atom. The predicted octanol–water partition coefficient (Wildman–Crippen LogP) is 1.58. The zero-order chi connectivity index (χ0) is 17.1. The van der Waals surface area contributed by atoms with Gasteiger partial charge in [-0.05, 0) is 30.9 Å². The van der Waals surface area contributed by atoms with Crippen LogP contribution in [0.5, 0.6) is 0 Å². The number of aromatic nitrogens is 1. The minimum absolute atomic E-state index is 0.112. The van der Waals surface area contributed by atoms with E-state index in [2.05, 4.69) is 10.3 Å². The Bertz CT molecular complexity index is 798. The van der Waals surface area contributed by atoms with Gasteiger partial charge in [-0.3, -0.25) is 19.4 Å². The summed E-state index contributed by atoms with van der Waals surface area (Å²) in [6, 6.07) is 8.07. The van der Waals surface area contributed by atoms with Crippen LogP contribution in [-0.2, 0) is 9.59 Å². The lowest BCUT2D eigenvalue weighted by molar-refractivity contribution is -0.124. The summed E-state index contributed by atoms with van der Waals surface area (Å²) in [6.07, 6.45) is 3.80. The first kappa shape index (κ1) is 16.1. The molecular formula is C18H19N3O3. The van der Waals surface area contributed by atoms with Crippen LogP contribution < -0.4 is 11.1 Å². The highest BCUT2D eigenvalue weighted by atomic mass is 16.2. The summed E-state index contributed by atoms with van der Waals surface area (Å²) in [5, 5.41) is 3.43. The number of ketones is 1. The summed E-state index contributed by atoms with van der Waals surface area (Å²) in [4.78, 5) is 40.4. The molecule has 124 valence electrons. The highest BCUT2D eigenvalue weighted by Gasteiger charge is 2.32. The van der Waals surface area contributed by atoms with Crippen molar-refractivity contribution in [2.24, 2.45) is 11.7 Å². The van der Waals surface area contributed by atoms with Gasteiger partial charge in [-0.15, -0.1) is 0 Å². The Labute approximate surface area is 139 Å². The molecule has 0 unspecified atom stereocenters. The van der Waals surface area contributed by atoms with Gasteiger partial charge in [0.25, 0.3) is 5.91 Å². The van der Waals surface area contributed by atoms with E-state index in [-0.39, 0.29) is 24.0 Å². The molecule has 2 aromatic rings. The van der Waals surface area contributed by atoms with Crippen LogP contribution >= 0.6 is 0 Å². The van der Waals surface area contributed by atoms with Crippen molar-refractivity contribution in [3.8, 4) is 0 Å². The van der Waals surface area contributed by atoms with E-state index in [0.717, 1.165) is 6.42 Å². The summed E-state index contributed by atoms with van der Waals surface area (Å²) in [6.45, 7) is 0. The topological polar surface area (TPSA) is 102 Å². The van der Waals surface area contributed by atoms with Crippen molar-refractivity contribution < 1.29 is 14.4 Å². The number of amides is 2. The molecule has 2 atom stereocenters. The van der Waals surface area contributed by atoms with Crippen LogP contribution in [0.3, 0.4) is 0 Å². The number of pyridine rings is 1. The van der Waals surface area contributed by atoms with Crippen molar-refractivity contribution in [3.63, 3.8) is 0 Å². The molecule has 1 aliphatic carbocycles. The van der Waals surface area contributed by atoms with Crippen molar-refractivity contribution in [1.82, 2.24) is 10.3 Å². The standard InChI is InChI=1S/C18H19N3O3/c19-17(23)16(11-4-3-5-12(22)10-11)21-18(24)14-8-9-20-15-7-2-1-6-13(14)15/h1-2,6-9,11,16H,3-5,10H2,(H2,19,23)(H,21,24)/t11-,16-/m0/s1. The SMILES string of the molecule is NC(=O)[C@@H](NC(=O)c1ccnc2ccccc12)[C@H]1CCCC(=O)C1. The first-order valence-corrected chi connectivity index (χ1v) is 8.02. The van der Waals surface area contributed by atoms with E-state index in [0.29, 0.717) is 29.3 Å². The average Bonchev–Trinajstić information content (AvgIpc) is 2.58. The van der Waals surface area contributed by atoms with Crippen LogP contribution in [0.2, 0.25) is 0 Å². The number of primary amides is 1. The van der Waals surface area contributed by atoms with Gasteiger partial charge >= 0.3 is 0 Å². The number of carbonyl (C=O) groups excluding carboxylic acids is 3. The number of Topliss-reactive ketones (excluding diaryl/α,β-unsaturated/α-hetero) is 1. The largest absolute Gasteiger partial charge is 0.368 e. The van der Waals surface area contributed by atoms with E-state index in [9.17, 15) is 14.4 Å². The Morgan fingerprint density at radius 3 is 2.79 bits per heavy atom. The lowest BCUT2D eigenvalue weighted by Crippen LogP contribution is -2.50. The summed E-state index contributed by atoms with van der Waals surface area (Å²) in [5.74, 6) is -1.11. The summed E-state index contributed by atoms with van der Waals surface area (Å²) >= 11 is 0. The minimum atomic E-state index is -0.839. The molecule has 6 nitrogen and oxygen atoms in total. The molecule has 2 amide bonds. The first-order chi connectivity index (χ1) is 11.6. The maximum absolute atomic E-state index is 12.7. The molecule has 1 saturated carbocycles. The number of rotatable bonds is 4. The highest BCUT2D eigenvalue weighted by molar-refractivity contribution is 6.07. The van der Waals surface area contributed by atoms with Crippen molar-refractivity contribution in [3.05, 3.63) is 42.1 Å². The smallest absolute Gasteiger partial charge is 0.252 e. The molecular weight excluding hydrogens is 306 g/mol. The quantitative estimate of drug-likeness (QED) is 0.891. The van der Waals surface area contributed by atoms with Gasteiger partial charge in [-0.2, -0.15) is 0 Å². The molecule has 3 N–H and O–H groups in total. The summed E-state index contributed by atoms with van der Waals surface area (Å²) in [5.41, 5.74) is 6.62. The molecule has 1 aromatic heterocycles. The predicted molar refractivity (Wildman–Crippen MR) is 89.2 cm³/mol. The molecule has 0 spiro atoms. The van der Waals surface area contributed by atoms with Crippen LogP contribution in [0.25, 0.3) is 10.9 Å². The van der Waals surface area contributed by atoms with Crippen LogP contribution in [0.4, 0.5) is 0 Å². The Kier molecular flexibility index (Phi) is 4.55. The molecule has 6 heteroatoms. The third-order valence-electron chi connectivity index (χ3n) is 4.48. The number of para-hydroxylation sites is 1. The Morgan fingerprint density at radius 1 is 1.25 bits per heavy atom. The lowest BCUT2D eigenvalue weighted by Gasteiger charge is -2.28. The molecule has 1 fully saturated rings. The average molecular weight is 325 g/mol. The number of hydrogen-bond donors (Lipinski definition) is 2. The number of nitrogens with two attached hydrogens (primary N) is 1. The fourth-order valence-corrected chi connectivity index (χ4v) is 3.28. The molecule has 1 heterocycles. The van der Waals surface area contributed by atoms with Crippen LogP contribution in [0, 0.1) is 5.92 Å². The molecule has 0 radical (unpaired) electrons. The van der Waals surface area contributed by atoms with E-state index < -0.39 is 11.9 Å². The fourth-order valence-electron chi connectivity index (χ4n) is 3.28. The molecule has 0 aliphatic heterocycles. The van der Waals surface area contributed by atoms with E-state index in [1.54, 1.807) is 18.3 Å². The zero-order valence-corrected chi connectivity index (χ0v) is 13.2. The van der Waals surface area contributed by atoms with Crippen molar-refractivity contribution >= 4 is 28.5 Å². The number of nitrogens with one attached hydrogen (secondary N) is 1. The van der Waals surface area contributed by atoms with E-state index >= 15 is 0 Å². The summed E-state index contributed by atoms with van der Waals surface area (Å²) < 4.78 is 0. The molecule has 1 aromatic carbocycles. The van der Waals surface area contributed by atoms with Crippen molar-refractivity contribution in [2.45, 2.75) is 31.7 Å². The van der Waals surface area contributed by atoms with Gasteiger partial charge in [-0.25, -0.2) is 0 Å². The van der Waals surface area contributed by atoms with Gasteiger partial charge in [-0.1, -0.05) is 18.2 Å². The van der Waals surface area contributed by atoms with E-state index in [1.165, 1.54) is 0 Å². The monoisotopic (exact) mass is 325 g/mol. The van der Waals surface area contributed by atoms with Crippen LogP contribution in [0.15, 0.2) is 36.5 Å². The normalized spacial score (nSPS) is 19.0. The van der Waals surface area contributed by atoms with E-state index in [1.807, 2.05) is 18.2 Å². The third kappa shape index (κ3) is 3.27. The summed E-state index contributed by atoms with van der Waals surface area (Å²) in [7, 11) is 0. The van der Waals surface area contributed by atoms with Crippen molar-refractivity contribution in [1.29, 1.82) is 0 Å². The second-order valence-electron chi connectivity index (χ2n) is 6.12. The van der Waals surface area contributed by atoms with E-state index in [4.69, 9.17) is 5.73 Å². The number of hydrogen-bond acceptors (Lipinski definition) is 4. The van der Waals surface area contributed by atoms with Crippen LogP contribution in [-0.4, -0.2) is 28.6 Å². The maximum atomic E-state index is 12.7. The zero-order valence-electron chi connectivity index (χ0n) is 13.2. The van der Waals surface area contributed by atoms with Gasteiger partial charge in [0.2, 0.25) is 5.91 Å². The minimum Gasteiger partial charge on any atom is -0.368 e. The first-order valence-electron chi connectivity index (χ1n) is 8.02. The molecule has 0 bridgehead atoms. The number of carbonyl (C=O) groups is 3. The number of benzene rings is 1. The van der Waals surface area contributed by atoms with Gasteiger partial charge in [0.15, 0.2) is 0 Å². The molecule has 0 saturated heterocycles. The van der Waals surface area contributed by atoms with Gasteiger partial charge < -0.3 is 11.1 Å². The number of fused-ring (bicyclic) bond motifs is 1.